The third-order valence-corrected chi connectivity index (χ3v) is 8.96. The molecule has 2 heterocycles. The largest absolute Gasteiger partial charge is 0.308 e. The topological polar surface area (TPSA) is 66.1 Å². The molecule has 2 atom stereocenters. The Labute approximate surface area is 250 Å². The van der Waals surface area contributed by atoms with Crippen LogP contribution in [0.15, 0.2) is 109 Å². The van der Waals surface area contributed by atoms with Crippen LogP contribution in [0.5, 0.6) is 0 Å². The van der Waals surface area contributed by atoms with Crippen LogP contribution < -0.4 is 0 Å². The van der Waals surface area contributed by atoms with Gasteiger partial charge in [0.15, 0.2) is 0 Å². The van der Waals surface area contributed by atoms with Crippen LogP contribution in [0.1, 0.15) is 57.2 Å². The van der Waals surface area contributed by atoms with Gasteiger partial charge in [-0.3, -0.25) is 14.5 Å². The van der Waals surface area contributed by atoms with Crippen molar-refractivity contribution in [2.24, 2.45) is 0 Å². The molecule has 1 aromatic heterocycles. The molecular formula is C38H29N3O2. The van der Waals surface area contributed by atoms with E-state index in [1.54, 1.807) is 6.07 Å². The lowest BCUT2D eigenvalue weighted by molar-refractivity contribution is 0.0579. The second-order valence-electron chi connectivity index (χ2n) is 11.3. The molecule has 0 bridgehead atoms. The number of carbonyl (C=O) groups excluding carboxylic acids is 2. The Kier molecular flexibility index (Phi) is 6.22. The van der Waals surface area contributed by atoms with E-state index in [-0.39, 0.29) is 23.8 Å². The van der Waals surface area contributed by atoms with Gasteiger partial charge in [-0.2, -0.15) is 5.26 Å². The Hall–Kier alpha value is -5.47. The molecule has 6 aromatic rings. The molecule has 0 aliphatic carbocycles. The van der Waals surface area contributed by atoms with Crippen molar-refractivity contribution in [1.29, 1.82) is 5.26 Å². The van der Waals surface area contributed by atoms with Gasteiger partial charge in [0, 0.05) is 28.3 Å². The molecule has 0 spiro atoms. The maximum atomic E-state index is 14.3. The minimum atomic E-state index is -0.336. The second kappa shape index (κ2) is 10.1. The molecule has 5 heteroatoms. The van der Waals surface area contributed by atoms with Gasteiger partial charge in [-0.1, -0.05) is 85.8 Å². The lowest BCUT2D eigenvalue weighted by atomic mass is 9.93. The lowest BCUT2D eigenvalue weighted by Crippen LogP contribution is -2.41. The predicted octanol–water partition coefficient (Wildman–Crippen LogP) is 8.42. The normalized spacial score (nSPS) is 14.2. The fourth-order valence-corrected chi connectivity index (χ4v) is 6.62. The van der Waals surface area contributed by atoms with Crippen LogP contribution in [0.25, 0.3) is 38.6 Å². The van der Waals surface area contributed by atoms with Crippen molar-refractivity contribution in [2.75, 3.05) is 0 Å². The molecule has 0 saturated carbocycles. The third kappa shape index (κ3) is 3.99. The van der Waals surface area contributed by atoms with Gasteiger partial charge >= 0.3 is 0 Å². The van der Waals surface area contributed by atoms with Crippen LogP contribution >= 0.6 is 0 Å². The number of hydrogen-bond acceptors (Lipinski definition) is 3. The van der Waals surface area contributed by atoms with E-state index < -0.39 is 0 Å². The van der Waals surface area contributed by atoms with Crippen molar-refractivity contribution in [3.05, 3.63) is 137 Å². The molecule has 0 N–H and O–H groups in total. The minimum absolute atomic E-state index is 0.0361. The van der Waals surface area contributed by atoms with Gasteiger partial charge in [-0.25, -0.2) is 0 Å². The molecule has 7 rings (SSSR count). The van der Waals surface area contributed by atoms with Crippen molar-refractivity contribution >= 4 is 33.6 Å². The number of aryl methyl sites for hydroxylation is 1. The van der Waals surface area contributed by atoms with Gasteiger partial charge in [-0.15, -0.1) is 0 Å². The Morgan fingerprint density at radius 1 is 0.698 bits per heavy atom. The Morgan fingerprint density at radius 3 is 2.16 bits per heavy atom. The minimum Gasteiger partial charge on any atom is -0.308 e. The quantitative estimate of drug-likeness (QED) is 0.199. The first-order valence-electron chi connectivity index (χ1n) is 14.5. The molecule has 1 aliphatic heterocycles. The summed E-state index contributed by atoms with van der Waals surface area (Å²) in [6, 6.07) is 37.6. The highest BCUT2D eigenvalue weighted by Gasteiger charge is 2.42. The molecule has 2 amide bonds. The fraction of sp³-hybridized carbons (Fsp3) is 0.132. The van der Waals surface area contributed by atoms with Gasteiger partial charge in [0.2, 0.25) is 0 Å². The van der Waals surface area contributed by atoms with E-state index in [1.807, 2.05) is 92.7 Å². The summed E-state index contributed by atoms with van der Waals surface area (Å²) in [5, 5.41) is 11.6. The maximum absolute atomic E-state index is 14.3. The zero-order valence-electron chi connectivity index (χ0n) is 24.2. The van der Waals surface area contributed by atoms with Crippen molar-refractivity contribution in [1.82, 2.24) is 9.47 Å². The summed E-state index contributed by atoms with van der Waals surface area (Å²) in [5.41, 5.74) is 8.12. The average molecular weight is 560 g/mol. The number of para-hydroxylation sites is 2. The number of benzene rings is 5. The summed E-state index contributed by atoms with van der Waals surface area (Å²) in [6.07, 6.45) is 0. The van der Waals surface area contributed by atoms with E-state index in [1.165, 1.54) is 4.90 Å². The van der Waals surface area contributed by atoms with Crippen molar-refractivity contribution in [3.63, 3.8) is 0 Å². The molecule has 0 saturated heterocycles. The van der Waals surface area contributed by atoms with Crippen LogP contribution in [0.3, 0.4) is 0 Å². The standard InChI is InChI=1S/C38H29N3O2/c1-23-21-26(22-39)19-20-28(23)30-14-9-15-31-29-13-7-8-17-33(29)41(36(30)31)34-18-10-16-32-35(34)38(43)40(37(32)42)25(3)24(2)27-11-5-4-6-12-27/h4-21,24-25H,1-3H3/t24?,25-/m0/s1. The first-order valence-corrected chi connectivity index (χ1v) is 14.5. The average Bonchev–Trinajstić information content (AvgIpc) is 3.52. The molecule has 5 aromatic carbocycles. The van der Waals surface area contributed by atoms with Crippen LogP contribution in [-0.4, -0.2) is 27.3 Å². The van der Waals surface area contributed by atoms with Crippen LogP contribution in [0.4, 0.5) is 0 Å². The van der Waals surface area contributed by atoms with Crippen LogP contribution in [-0.2, 0) is 0 Å². The fourth-order valence-electron chi connectivity index (χ4n) is 6.62. The second-order valence-corrected chi connectivity index (χ2v) is 11.3. The number of rotatable bonds is 5. The van der Waals surface area contributed by atoms with Crippen LogP contribution in [0.2, 0.25) is 0 Å². The summed E-state index contributed by atoms with van der Waals surface area (Å²) in [5.74, 6) is -0.573. The number of fused-ring (bicyclic) bond motifs is 4. The van der Waals surface area contributed by atoms with Crippen molar-refractivity contribution in [2.45, 2.75) is 32.7 Å². The zero-order chi connectivity index (χ0) is 29.8. The summed E-state index contributed by atoms with van der Waals surface area (Å²) in [7, 11) is 0. The van der Waals surface area contributed by atoms with E-state index in [2.05, 4.69) is 41.8 Å². The summed E-state index contributed by atoms with van der Waals surface area (Å²) in [4.78, 5) is 29.6. The van der Waals surface area contributed by atoms with Crippen molar-refractivity contribution < 1.29 is 9.59 Å². The summed E-state index contributed by atoms with van der Waals surface area (Å²) >= 11 is 0. The highest BCUT2D eigenvalue weighted by molar-refractivity contribution is 6.24. The number of aromatic nitrogens is 1. The van der Waals surface area contributed by atoms with Crippen molar-refractivity contribution in [3.8, 4) is 22.9 Å². The lowest BCUT2D eigenvalue weighted by Gasteiger charge is -2.28. The molecule has 1 unspecified atom stereocenters. The van der Waals surface area contributed by atoms with Gasteiger partial charge in [0.1, 0.15) is 0 Å². The van der Waals surface area contributed by atoms with Gasteiger partial charge < -0.3 is 4.57 Å². The third-order valence-electron chi connectivity index (χ3n) is 8.96. The number of hydrogen-bond donors (Lipinski definition) is 0. The monoisotopic (exact) mass is 559 g/mol. The Bertz CT molecular complexity index is 2130. The number of nitriles is 1. The van der Waals surface area contributed by atoms with E-state index in [4.69, 9.17) is 0 Å². The molecule has 5 nitrogen and oxygen atoms in total. The molecule has 0 radical (unpaired) electrons. The highest BCUT2D eigenvalue weighted by atomic mass is 16.2. The predicted molar refractivity (Wildman–Crippen MR) is 170 cm³/mol. The Morgan fingerprint density at radius 2 is 1.40 bits per heavy atom. The van der Waals surface area contributed by atoms with E-state index in [0.29, 0.717) is 22.4 Å². The molecule has 208 valence electrons. The molecular weight excluding hydrogens is 530 g/mol. The maximum Gasteiger partial charge on any atom is 0.263 e. The van der Waals surface area contributed by atoms with E-state index >= 15 is 0 Å². The zero-order valence-corrected chi connectivity index (χ0v) is 24.2. The summed E-state index contributed by atoms with van der Waals surface area (Å²) < 4.78 is 2.14. The van der Waals surface area contributed by atoms with Gasteiger partial charge in [-0.05, 0) is 60.9 Å². The highest BCUT2D eigenvalue weighted by Crippen LogP contribution is 2.42. The number of carbonyl (C=O) groups is 2. The number of nitrogens with zero attached hydrogens (tertiary/aromatic N) is 3. The summed E-state index contributed by atoms with van der Waals surface area (Å²) in [6.45, 7) is 6.02. The smallest absolute Gasteiger partial charge is 0.263 e. The SMILES string of the molecule is Cc1cc(C#N)ccc1-c1cccc2c3ccccc3n(-c3cccc4c3C(=O)N([C@@H](C)C(C)c3ccccc3)C4=O)c12. The van der Waals surface area contributed by atoms with Gasteiger partial charge in [0.05, 0.1) is 39.5 Å². The molecule has 1 aliphatic rings. The first-order chi connectivity index (χ1) is 20.9. The molecule has 0 fully saturated rings. The van der Waals surface area contributed by atoms with E-state index in [9.17, 15) is 14.9 Å². The molecule has 43 heavy (non-hydrogen) atoms. The van der Waals surface area contributed by atoms with E-state index in [0.717, 1.165) is 44.1 Å². The number of amides is 2. The van der Waals surface area contributed by atoms with Crippen LogP contribution in [0, 0.1) is 18.3 Å². The van der Waals surface area contributed by atoms with Gasteiger partial charge in [0.25, 0.3) is 11.8 Å². The number of imide groups is 1. The first kappa shape index (κ1) is 26.4. The Balaban J connectivity index is 1.46.